The minimum Gasteiger partial charge on any atom is -0.493 e. The molecule has 32 heavy (non-hydrogen) atoms. The van der Waals surface area contributed by atoms with Crippen LogP contribution in [0, 0.1) is 5.92 Å². The fourth-order valence-corrected chi connectivity index (χ4v) is 3.79. The number of methoxy groups -OCH3 is 2. The predicted molar refractivity (Wildman–Crippen MR) is 122 cm³/mol. The Morgan fingerprint density at radius 3 is 2.50 bits per heavy atom. The number of benzene rings is 2. The minimum atomic E-state index is -0.489. The second-order valence-electron chi connectivity index (χ2n) is 7.54. The highest BCUT2D eigenvalue weighted by atomic mass is 35.5. The number of likely N-dealkylation sites (tertiary alicyclic amines) is 1. The number of nitrogens with zero attached hydrogens (tertiary/aromatic N) is 1. The van der Waals surface area contributed by atoms with Crippen LogP contribution in [0.25, 0.3) is 0 Å². The van der Waals surface area contributed by atoms with Crippen LogP contribution in [-0.4, -0.2) is 49.9 Å². The molecule has 1 fully saturated rings. The maximum absolute atomic E-state index is 12.8. The van der Waals surface area contributed by atoms with Crippen molar-refractivity contribution < 1.29 is 23.9 Å². The highest BCUT2D eigenvalue weighted by Gasteiger charge is 2.34. The first-order valence-corrected chi connectivity index (χ1v) is 10.5. The average molecular weight is 460 g/mol. The standard InChI is InChI=1S/C23H26ClN3O5/c1-14(28)25-18-6-5-17(24)12-19(18)26-23(30)16-11-22(29)27(13-16)9-8-15-4-7-20(31-2)21(10-15)32-3/h4-7,10,12,16H,8-9,11,13H2,1-3H3,(H,25,28)(H,26,30). The van der Waals surface area contributed by atoms with Crippen molar-refractivity contribution in [2.75, 3.05) is 37.9 Å². The smallest absolute Gasteiger partial charge is 0.229 e. The summed E-state index contributed by atoms with van der Waals surface area (Å²) in [6.07, 6.45) is 0.759. The van der Waals surface area contributed by atoms with E-state index in [9.17, 15) is 14.4 Å². The molecule has 3 amide bonds. The SMILES string of the molecule is COc1ccc(CCN2CC(C(=O)Nc3cc(Cl)ccc3NC(C)=O)CC2=O)cc1OC. The van der Waals surface area contributed by atoms with Crippen molar-refractivity contribution >= 4 is 40.7 Å². The number of hydrogen-bond acceptors (Lipinski definition) is 5. The topological polar surface area (TPSA) is 97.0 Å². The van der Waals surface area contributed by atoms with Gasteiger partial charge in [-0.25, -0.2) is 0 Å². The summed E-state index contributed by atoms with van der Waals surface area (Å²) in [5.74, 6) is 0.160. The summed E-state index contributed by atoms with van der Waals surface area (Å²) in [6, 6.07) is 10.4. The van der Waals surface area contributed by atoms with Crippen LogP contribution in [0.2, 0.25) is 5.02 Å². The first kappa shape index (κ1) is 23.4. The summed E-state index contributed by atoms with van der Waals surface area (Å²) in [4.78, 5) is 38.4. The van der Waals surface area contributed by atoms with Gasteiger partial charge in [-0.15, -0.1) is 0 Å². The van der Waals surface area contributed by atoms with Crippen molar-refractivity contribution in [1.82, 2.24) is 4.90 Å². The highest BCUT2D eigenvalue weighted by molar-refractivity contribution is 6.31. The number of carbonyl (C=O) groups is 3. The fourth-order valence-electron chi connectivity index (χ4n) is 3.62. The van der Waals surface area contributed by atoms with Gasteiger partial charge in [0.25, 0.3) is 0 Å². The molecule has 170 valence electrons. The third-order valence-electron chi connectivity index (χ3n) is 5.25. The molecule has 0 aromatic heterocycles. The number of carbonyl (C=O) groups excluding carboxylic acids is 3. The normalized spacial score (nSPS) is 15.4. The van der Waals surface area contributed by atoms with Crippen LogP contribution in [0.1, 0.15) is 18.9 Å². The van der Waals surface area contributed by atoms with Gasteiger partial charge >= 0.3 is 0 Å². The van der Waals surface area contributed by atoms with Crippen LogP contribution in [0.4, 0.5) is 11.4 Å². The van der Waals surface area contributed by atoms with Gasteiger partial charge in [-0.3, -0.25) is 14.4 Å². The molecule has 3 rings (SSSR count). The molecule has 1 unspecified atom stereocenters. The van der Waals surface area contributed by atoms with Gasteiger partial charge in [0.05, 0.1) is 31.5 Å². The fraction of sp³-hybridized carbons (Fsp3) is 0.348. The maximum atomic E-state index is 12.8. The Labute approximate surface area is 191 Å². The number of rotatable bonds is 8. The van der Waals surface area contributed by atoms with Gasteiger partial charge in [0.1, 0.15) is 0 Å². The molecule has 1 atom stereocenters. The van der Waals surface area contributed by atoms with E-state index in [1.165, 1.54) is 6.92 Å². The van der Waals surface area contributed by atoms with Crippen LogP contribution in [0.5, 0.6) is 11.5 Å². The first-order chi connectivity index (χ1) is 15.3. The largest absolute Gasteiger partial charge is 0.493 e. The van der Waals surface area contributed by atoms with Crippen molar-refractivity contribution in [2.24, 2.45) is 5.92 Å². The van der Waals surface area contributed by atoms with Crippen LogP contribution in [-0.2, 0) is 20.8 Å². The second kappa shape index (κ2) is 10.4. The third-order valence-corrected chi connectivity index (χ3v) is 5.49. The van der Waals surface area contributed by atoms with E-state index in [1.807, 2.05) is 18.2 Å². The molecule has 2 N–H and O–H groups in total. The molecule has 0 aliphatic carbocycles. The van der Waals surface area contributed by atoms with Gasteiger partial charge in [0.2, 0.25) is 17.7 Å². The van der Waals surface area contributed by atoms with Crippen molar-refractivity contribution in [1.29, 1.82) is 0 Å². The van der Waals surface area contributed by atoms with Crippen LogP contribution < -0.4 is 20.1 Å². The van der Waals surface area contributed by atoms with E-state index in [2.05, 4.69) is 10.6 Å². The quantitative estimate of drug-likeness (QED) is 0.631. The van der Waals surface area contributed by atoms with Crippen molar-refractivity contribution in [3.05, 3.63) is 47.0 Å². The van der Waals surface area contributed by atoms with E-state index in [4.69, 9.17) is 21.1 Å². The monoisotopic (exact) mass is 459 g/mol. The van der Waals surface area contributed by atoms with E-state index < -0.39 is 5.92 Å². The molecule has 1 aliphatic rings. The van der Waals surface area contributed by atoms with E-state index in [-0.39, 0.29) is 24.1 Å². The molecule has 0 radical (unpaired) electrons. The van der Waals surface area contributed by atoms with E-state index in [0.29, 0.717) is 47.4 Å². The summed E-state index contributed by atoms with van der Waals surface area (Å²) in [7, 11) is 3.15. The number of ether oxygens (including phenoxy) is 2. The van der Waals surface area contributed by atoms with Crippen LogP contribution >= 0.6 is 11.6 Å². The van der Waals surface area contributed by atoms with Gasteiger partial charge in [0, 0.05) is 31.5 Å². The molecule has 9 heteroatoms. The Hall–Kier alpha value is -3.26. The third kappa shape index (κ3) is 5.70. The van der Waals surface area contributed by atoms with Crippen LogP contribution in [0.15, 0.2) is 36.4 Å². The minimum absolute atomic E-state index is 0.0706. The number of nitrogens with one attached hydrogen (secondary N) is 2. The summed E-state index contributed by atoms with van der Waals surface area (Å²) in [5.41, 5.74) is 1.85. The van der Waals surface area contributed by atoms with Crippen molar-refractivity contribution in [2.45, 2.75) is 19.8 Å². The van der Waals surface area contributed by atoms with Gasteiger partial charge in [0.15, 0.2) is 11.5 Å². The molecule has 2 aromatic rings. The average Bonchev–Trinajstić information content (AvgIpc) is 3.14. The lowest BCUT2D eigenvalue weighted by Crippen LogP contribution is -2.30. The molecule has 8 nitrogen and oxygen atoms in total. The van der Waals surface area contributed by atoms with E-state index in [1.54, 1.807) is 37.3 Å². The molecule has 0 bridgehead atoms. The highest BCUT2D eigenvalue weighted by Crippen LogP contribution is 2.29. The lowest BCUT2D eigenvalue weighted by Gasteiger charge is -2.18. The number of anilines is 2. The molecular weight excluding hydrogens is 434 g/mol. The van der Waals surface area contributed by atoms with Gasteiger partial charge < -0.3 is 25.0 Å². The molecule has 1 aliphatic heterocycles. The number of amides is 3. The molecule has 1 saturated heterocycles. The van der Waals surface area contributed by atoms with E-state index >= 15 is 0 Å². The Morgan fingerprint density at radius 2 is 1.81 bits per heavy atom. The molecule has 2 aromatic carbocycles. The zero-order valence-corrected chi connectivity index (χ0v) is 19.0. The maximum Gasteiger partial charge on any atom is 0.229 e. The molecule has 1 heterocycles. The second-order valence-corrected chi connectivity index (χ2v) is 7.98. The van der Waals surface area contributed by atoms with Gasteiger partial charge in [-0.2, -0.15) is 0 Å². The van der Waals surface area contributed by atoms with Crippen molar-refractivity contribution in [3.8, 4) is 11.5 Å². The summed E-state index contributed by atoms with van der Waals surface area (Å²) in [5, 5.41) is 5.88. The zero-order chi connectivity index (χ0) is 23.3. The number of halogens is 1. The lowest BCUT2D eigenvalue weighted by atomic mass is 10.1. The molecule has 0 saturated carbocycles. The first-order valence-electron chi connectivity index (χ1n) is 10.2. The van der Waals surface area contributed by atoms with E-state index in [0.717, 1.165) is 5.56 Å². The summed E-state index contributed by atoms with van der Waals surface area (Å²) >= 11 is 6.04. The predicted octanol–water partition coefficient (Wildman–Crippen LogP) is 3.35. The number of hydrogen-bond donors (Lipinski definition) is 2. The summed E-state index contributed by atoms with van der Waals surface area (Å²) < 4.78 is 10.6. The lowest BCUT2D eigenvalue weighted by molar-refractivity contribution is -0.128. The molecular formula is C23H26ClN3O5. The molecule has 0 spiro atoms. The van der Waals surface area contributed by atoms with Crippen LogP contribution in [0.3, 0.4) is 0 Å². The Balaban J connectivity index is 1.61. The van der Waals surface area contributed by atoms with Gasteiger partial charge in [-0.1, -0.05) is 17.7 Å². The van der Waals surface area contributed by atoms with Gasteiger partial charge in [-0.05, 0) is 42.3 Å². The summed E-state index contributed by atoms with van der Waals surface area (Å²) in [6.45, 7) is 2.20. The Bertz CT molecular complexity index is 1030. The van der Waals surface area contributed by atoms with Crippen molar-refractivity contribution in [3.63, 3.8) is 0 Å². The Morgan fingerprint density at radius 1 is 1.06 bits per heavy atom. The Kier molecular flexibility index (Phi) is 7.58. The zero-order valence-electron chi connectivity index (χ0n) is 18.2.